The molecule has 0 spiro atoms. The molecular formula is C11H18N2O2S. The summed E-state index contributed by atoms with van der Waals surface area (Å²) in [6.07, 6.45) is 1.62. The molecular weight excluding hydrogens is 224 g/mol. The lowest BCUT2D eigenvalue weighted by atomic mass is 10.4. The average molecular weight is 242 g/mol. The van der Waals surface area contributed by atoms with Crippen LogP contribution in [0.1, 0.15) is 19.8 Å². The van der Waals surface area contributed by atoms with Crippen molar-refractivity contribution in [2.24, 2.45) is 0 Å². The Kier molecular flexibility index (Phi) is 6.41. The summed E-state index contributed by atoms with van der Waals surface area (Å²) in [7, 11) is 0. The second-order valence-electron chi connectivity index (χ2n) is 3.32. The maximum absolute atomic E-state index is 11.1. The van der Waals surface area contributed by atoms with Crippen LogP contribution >= 0.6 is 11.3 Å². The van der Waals surface area contributed by atoms with Gasteiger partial charge in [0, 0.05) is 13.1 Å². The lowest BCUT2D eigenvalue weighted by Crippen LogP contribution is -2.29. The quantitative estimate of drug-likeness (QED) is 0.723. The number of hydrogen-bond acceptors (Lipinski definition) is 4. The van der Waals surface area contributed by atoms with Gasteiger partial charge in [0.2, 0.25) is 0 Å². The molecule has 1 aromatic heterocycles. The van der Waals surface area contributed by atoms with E-state index in [1.807, 2.05) is 17.5 Å². The molecule has 0 saturated heterocycles. The predicted molar refractivity (Wildman–Crippen MR) is 67.1 cm³/mol. The Morgan fingerprint density at radius 2 is 2.38 bits per heavy atom. The zero-order valence-corrected chi connectivity index (χ0v) is 10.3. The van der Waals surface area contributed by atoms with E-state index in [-0.39, 0.29) is 6.09 Å². The van der Waals surface area contributed by atoms with Crippen LogP contribution in [0.4, 0.5) is 9.80 Å². The van der Waals surface area contributed by atoms with Crippen LogP contribution in [-0.2, 0) is 4.74 Å². The molecule has 0 bridgehead atoms. The van der Waals surface area contributed by atoms with E-state index in [9.17, 15) is 4.79 Å². The number of rotatable bonds is 7. The van der Waals surface area contributed by atoms with E-state index in [1.54, 1.807) is 11.3 Å². The number of nitrogens with one attached hydrogen (secondary N) is 2. The van der Waals surface area contributed by atoms with E-state index in [1.165, 1.54) is 0 Å². The van der Waals surface area contributed by atoms with E-state index in [0.29, 0.717) is 19.7 Å². The highest BCUT2D eigenvalue weighted by atomic mass is 32.1. The topological polar surface area (TPSA) is 50.4 Å². The Morgan fingerprint density at radius 3 is 3.06 bits per heavy atom. The molecule has 0 atom stereocenters. The molecule has 2 N–H and O–H groups in total. The van der Waals surface area contributed by atoms with Crippen LogP contribution in [-0.4, -0.2) is 25.8 Å². The fraction of sp³-hybridized carbons (Fsp3) is 0.545. The second kappa shape index (κ2) is 7.98. The highest BCUT2D eigenvalue weighted by Gasteiger charge is 1.99. The van der Waals surface area contributed by atoms with Crippen LogP contribution in [0.2, 0.25) is 0 Å². The lowest BCUT2D eigenvalue weighted by Gasteiger charge is -2.07. The van der Waals surface area contributed by atoms with Gasteiger partial charge in [-0.25, -0.2) is 4.79 Å². The molecule has 0 radical (unpaired) electrons. The maximum atomic E-state index is 11.1. The Balaban J connectivity index is 1.96. The fourth-order valence-corrected chi connectivity index (χ4v) is 1.74. The maximum Gasteiger partial charge on any atom is 0.407 e. The van der Waals surface area contributed by atoms with Crippen LogP contribution in [0.25, 0.3) is 0 Å². The number of thiophene rings is 1. The first-order valence-corrected chi connectivity index (χ1v) is 6.39. The van der Waals surface area contributed by atoms with Crippen LogP contribution < -0.4 is 10.6 Å². The number of anilines is 1. The first kappa shape index (κ1) is 12.8. The second-order valence-corrected chi connectivity index (χ2v) is 4.27. The molecule has 0 aliphatic heterocycles. The highest BCUT2D eigenvalue weighted by Crippen LogP contribution is 2.13. The number of unbranched alkanes of at least 4 members (excludes halogenated alkanes) is 1. The molecule has 16 heavy (non-hydrogen) atoms. The Bertz CT molecular complexity index is 288. The summed E-state index contributed by atoms with van der Waals surface area (Å²) in [5.74, 6) is 0. The van der Waals surface area contributed by atoms with E-state index in [4.69, 9.17) is 4.74 Å². The van der Waals surface area contributed by atoms with Crippen molar-refractivity contribution >= 4 is 22.4 Å². The van der Waals surface area contributed by atoms with Crippen molar-refractivity contribution in [1.29, 1.82) is 0 Å². The van der Waals surface area contributed by atoms with Crippen molar-refractivity contribution in [2.45, 2.75) is 19.8 Å². The molecule has 1 aromatic rings. The smallest absolute Gasteiger partial charge is 0.407 e. The molecule has 0 unspecified atom stereocenters. The van der Waals surface area contributed by atoms with Gasteiger partial charge >= 0.3 is 6.09 Å². The first-order chi connectivity index (χ1) is 7.83. The zero-order chi connectivity index (χ0) is 11.6. The summed E-state index contributed by atoms with van der Waals surface area (Å²) in [6, 6.07) is 3.99. The standard InChI is InChI=1S/C11H18N2O2S/c1-2-3-8-15-11(14)13-7-6-12-10-5-4-9-16-10/h4-5,9,12H,2-3,6-8H2,1H3,(H,13,14). The number of alkyl carbamates (subject to hydrolysis) is 1. The minimum atomic E-state index is -0.332. The van der Waals surface area contributed by atoms with Crippen LogP contribution in [0.15, 0.2) is 17.5 Å². The minimum absolute atomic E-state index is 0.332. The molecule has 1 rings (SSSR count). The van der Waals surface area contributed by atoms with Crippen molar-refractivity contribution in [1.82, 2.24) is 5.32 Å². The first-order valence-electron chi connectivity index (χ1n) is 5.51. The molecule has 4 nitrogen and oxygen atoms in total. The lowest BCUT2D eigenvalue weighted by molar-refractivity contribution is 0.145. The number of ether oxygens (including phenoxy) is 1. The van der Waals surface area contributed by atoms with Gasteiger partial charge in [-0.3, -0.25) is 0 Å². The summed E-state index contributed by atoms with van der Waals surface area (Å²) in [5.41, 5.74) is 0. The molecule has 0 aromatic carbocycles. The summed E-state index contributed by atoms with van der Waals surface area (Å²) in [5, 5.41) is 9.00. The zero-order valence-electron chi connectivity index (χ0n) is 9.49. The molecule has 90 valence electrons. The molecule has 0 saturated carbocycles. The number of hydrogen-bond donors (Lipinski definition) is 2. The van der Waals surface area contributed by atoms with E-state index in [0.717, 1.165) is 17.8 Å². The summed E-state index contributed by atoms with van der Waals surface area (Å²) in [4.78, 5) is 11.1. The monoisotopic (exact) mass is 242 g/mol. The molecule has 1 heterocycles. The van der Waals surface area contributed by atoms with Crippen molar-refractivity contribution < 1.29 is 9.53 Å². The van der Waals surface area contributed by atoms with E-state index >= 15 is 0 Å². The van der Waals surface area contributed by atoms with E-state index < -0.39 is 0 Å². The third kappa shape index (κ3) is 5.60. The van der Waals surface area contributed by atoms with E-state index in [2.05, 4.69) is 17.6 Å². The highest BCUT2D eigenvalue weighted by molar-refractivity contribution is 7.14. The molecule has 0 aliphatic rings. The van der Waals surface area contributed by atoms with Gasteiger partial charge < -0.3 is 15.4 Å². The summed E-state index contributed by atoms with van der Waals surface area (Å²) >= 11 is 1.64. The van der Waals surface area contributed by atoms with Gasteiger partial charge in [-0.2, -0.15) is 0 Å². The van der Waals surface area contributed by atoms with Gasteiger partial charge in [0.05, 0.1) is 11.6 Å². The Hall–Kier alpha value is -1.23. The van der Waals surface area contributed by atoms with Gasteiger partial charge in [0.15, 0.2) is 0 Å². The van der Waals surface area contributed by atoms with Crippen molar-refractivity contribution in [2.75, 3.05) is 25.0 Å². The third-order valence-corrected chi connectivity index (χ3v) is 2.77. The van der Waals surface area contributed by atoms with Gasteiger partial charge in [-0.05, 0) is 23.9 Å². The number of carbonyl (C=O) groups excluding carboxylic acids is 1. The van der Waals surface area contributed by atoms with Gasteiger partial charge in [0.25, 0.3) is 0 Å². The van der Waals surface area contributed by atoms with Crippen molar-refractivity contribution in [3.63, 3.8) is 0 Å². The van der Waals surface area contributed by atoms with Crippen molar-refractivity contribution in [3.8, 4) is 0 Å². The normalized spacial score (nSPS) is 9.81. The molecule has 5 heteroatoms. The molecule has 0 fully saturated rings. The third-order valence-electron chi connectivity index (χ3n) is 1.95. The van der Waals surface area contributed by atoms with Gasteiger partial charge in [-0.1, -0.05) is 13.3 Å². The van der Waals surface area contributed by atoms with Gasteiger partial charge in [-0.15, -0.1) is 11.3 Å². The summed E-state index contributed by atoms with van der Waals surface area (Å²) < 4.78 is 4.94. The average Bonchev–Trinajstić information content (AvgIpc) is 2.78. The number of carbonyl (C=O) groups is 1. The fourth-order valence-electron chi connectivity index (χ4n) is 1.09. The predicted octanol–water partition coefficient (Wildman–Crippen LogP) is 2.69. The van der Waals surface area contributed by atoms with Crippen LogP contribution in [0, 0.1) is 0 Å². The van der Waals surface area contributed by atoms with Crippen LogP contribution in [0.5, 0.6) is 0 Å². The minimum Gasteiger partial charge on any atom is -0.450 e. The largest absolute Gasteiger partial charge is 0.450 e. The van der Waals surface area contributed by atoms with Crippen molar-refractivity contribution in [3.05, 3.63) is 17.5 Å². The van der Waals surface area contributed by atoms with Gasteiger partial charge in [0.1, 0.15) is 0 Å². The molecule has 0 aliphatic carbocycles. The Morgan fingerprint density at radius 1 is 1.50 bits per heavy atom. The summed E-state index contributed by atoms with van der Waals surface area (Å²) in [6.45, 7) is 3.85. The number of amides is 1. The molecule has 1 amide bonds. The SMILES string of the molecule is CCCCOC(=O)NCCNc1cccs1. The van der Waals surface area contributed by atoms with Crippen LogP contribution in [0.3, 0.4) is 0 Å². The Labute approximate surface area is 100 Å².